The normalized spacial score (nSPS) is 13.7. The highest BCUT2D eigenvalue weighted by Gasteiger charge is 2.36. The van der Waals surface area contributed by atoms with Crippen LogP contribution < -0.4 is 27.0 Å². The van der Waals surface area contributed by atoms with Crippen LogP contribution in [0.1, 0.15) is 91.5 Å². The Kier molecular flexibility index (Phi) is 20.9. The molecule has 0 aliphatic carbocycles. The highest BCUT2D eigenvalue weighted by Crippen LogP contribution is 2.36. The van der Waals surface area contributed by atoms with Gasteiger partial charge in [0.15, 0.2) is 17.3 Å². The van der Waals surface area contributed by atoms with Crippen molar-refractivity contribution in [1.82, 2.24) is 81.6 Å². The average Bonchev–Trinajstić information content (AvgIpc) is 1.48. The van der Waals surface area contributed by atoms with Crippen molar-refractivity contribution in [3.8, 4) is 108 Å². The number of rotatable bonds is 18. The first kappa shape index (κ1) is 68.7. The standard InChI is InChI=1S/C26H28N6O2.C25H26N6O2.C25H22N6O.4H2/c1-16-24(22-13-20(32-34-22)18-8-6-17(7-9-18)14-27-4)31-21(15-30-16)19-10-11-29-23(12-19)26(2,3)25(33)28-5;1-15-23(21-12-19(31-33-21)17-7-5-16(6-8-17)13-27-4)30-20(14-29-15)18-9-10-28-22(11-18)25(2,3)24(26)32;1-17-24(22-13-20(31-32-22)18-6-3-2-4-7-18)30-21(14-29-17)19-8-11-28-23(12-19)25(15-26)9-5-10-27-16-25;;;;/h6-13,15,27H,14H2,1-5H3,(H,28,33);5-12,14,27H,13H2,1-4H3,(H2,26,32);2-4,6-8,11-14,27H,5,9-10,16H2,1H3;4*1H. The number of primary amides is 1. The molecule has 1 aliphatic rings. The van der Waals surface area contributed by atoms with Crippen molar-refractivity contribution in [3.63, 3.8) is 0 Å². The van der Waals surface area contributed by atoms with Gasteiger partial charge in [0, 0.05) is 103 Å². The first-order valence-corrected chi connectivity index (χ1v) is 32.3. The molecule has 3 aromatic carbocycles. The molecule has 23 heteroatoms. The maximum absolute atomic E-state index is 12.3. The second kappa shape index (κ2) is 30.1. The Bertz CT molecular complexity index is 4880. The summed E-state index contributed by atoms with van der Waals surface area (Å²) in [4.78, 5) is 65.5. The van der Waals surface area contributed by atoms with E-state index in [2.05, 4.69) is 97.0 Å². The molecule has 13 rings (SSSR count). The Morgan fingerprint density at radius 1 is 0.535 bits per heavy atom. The van der Waals surface area contributed by atoms with Gasteiger partial charge in [-0.1, -0.05) is 94.3 Å². The van der Waals surface area contributed by atoms with Crippen LogP contribution in [0.3, 0.4) is 0 Å². The summed E-state index contributed by atoms with van der Waals surface area (Å²) >= 11 is 0. The van der Waals surface area contributed by atoms with Crippen molar-refractivity contribution in [2.45, 2.75) is 90.6 Å². The van der Waals surface area contributed by atoms with Crippen LogP contribution in [-0.2, 0) is 38.9 Å². The van der Waals surface area contributed by atoms with Gasteiger partial charge in [-0.25, -0.2) is 15.0 Å². The van der Waals surface area contributed by atoms with Crippen LogP contribution >= 0.6 is 0 Å². The van der Waals surface area contributed by atoms with Crippen LogP contribution in [0.15, 0.2) is 184 Å². The highest BCUT2D eigenvalue weighted by molar-refractivity contribution is 5.87. The van der Waals surface area contributed by atoms with Crippen molar-refractivity contribution in [3.05, 3.63) is 216 Å². The lowest BCUT2D eigenvalue weighted by Crippen LogP contribution is -2.42. The molecular weight excluding hydrogens is 1240 g/mol. The number of piperidine rings is 1. The number of carbonyl (C=O) groups is 2. The lowest BCUT2D eigenvalue weighted by atomic mass is 9.78. The SMILES string of the molecule is CNCc1ccc(-c2cc(-c3nc(-c4ccnc(C(C)(C)C(=O)NC)c4)cnc3C)on2)cc1.CNCc1ccc(-c2cc(-c3nc(-c4ccnc(C(C)(C)C(N)=O)c4)cnc3C)on2)cc1.Cc1ncc(-c2ccnc(C3(C#N)CCCNC3)c2)nc1-c1cc(-c2ccccc2)no1.[HH].[HH].[HH].[HH]. The minimum atomic E-state index is -0.903. The largest absolute Gasteiger partial charge is 0.369 e. The Hall–Kier alpha value is -11.7. The summed E-state index contributed by atoms with van der Waals surface area (Å²) in [5, 5.41) is 34.9. The average molecular weight is 1330 g/mol. The smallest absolute Gasteiger partial charge is 0.231 e. The predicted octanol–water partition coefficient (Wildman–Crippen LogP) is 12.9. The first-order valence-electron chi connectivity index (χ1n) is 32.3. The van der Waals surface area contributed by atoms with Crippen LogP contribution in [0, 0.1) is 32.1 Å². The molecule has 99 heavy (non-hydrogen) atoms. The van der Waals surface area contributed by atoms with Crippen LogP contribution in [0.4, 0.5) is 0 Å². The number of pyridine rings is 3. The van der Waals surface area contributed by atoms with E-state index in [0.717, 1.165) is 106 Å². The molecule has 23 nitrogen and oxygen atoms in total. The first-order chi connectivity index (χ1) is 47.8. The molecular formula is C76H84N18O5. The summed E-state index contributed by atoms with van der Waals surface area (Å²) in [5.41, 5.74) is 21.2. The number of hydrogen-bond donors (Lipinski definition) is 5. The monoisotopic (exact) mass is 1330 g/mol. The molecule has 0 radical (unpaired) electrons. The molecule has 508 valence electrons. The number of aryl methyl sites for hydroxylation is 3. The quantitative estimate of drug-likeness (QED) is 0.0533. The third-order valence-electron chi connectivity index (χ3n) is 17.4. The Balaban J connectivity index is 0.000000212. The predicted molar refractivity (Wildman–Crippen MR) is 385 cm³/mol. The van der Waals surface area contributed by atoms with Gasteiger partial charge in [-0.2, -0.15) is 5.26 Å². The van der Waals surface area contributed by atoms with Crippen LogP contribution in [0.2, 0.25) is 0 Å². The van der Waals surface area contributed by atoms with Crippen LogP contribution in [0.5, 0.6) is 0 Å². The molecule has 2 amide bonds. The molecule has 0 spiro atoms. The molecule has 12 aromatic rings. The van der Waals surface area contributed by atoms with Crippen molar-refractivity contribution in [2.24, 2.45) is 5.73 Å². The maximum atomic E-state index is 12.3. The van der Waals surface area contributed by atoms with Gasteiger partial charge in [0.05, 0.1) is 86.7 Å². The van der Waals surface area contributed by atoms with Crippen molar-refractivity contribution >= 4 is 11.8 Å². The highest BCUT2D eigenvalue weighted by atomic mass is 16.5. The van der Waals surface area contributed by atoms with Gasteiger partial charge in [0.25, 0.3) is 0 Å². The van der Waals surface area contributed by atoms with E-state index >= 15 is 0 Å². The van der Waals surface area contributed by atoms with Gasteiger partial charge in [0.2, 0.25) is 11.8 Å². The molecule has 9 aromatic heterocycles. The molecule has 0 saturated carbocycles. The maximum Gasteiger partial charge on any atom is 0.231 e. The van der Waals surface area contributed by atoms with E-state index in [1.54, 1.807) is 58.1 Å². The van der Waals surface area contributed by atoms with Crippen molar-refractivity contribution < 1.29 is 28.9 Å². The van der Waals surface area contributed by atoms with Crippen molar-refractivity contribution in [2.75, 3.05) is 34.2 Å². The lowest BCUT2D eigenvalue weighted by Gasteiger charge is -2.30. The summed E-state index contributed by atoms with van der Waals surface area (Å²) in [6.45, 7) is 16.0. The third-order valence-corrected chi connectivity index (χ3v) is 17.4. The summed E-state index contributed by atoms with van der Waals surface area (Å²) in [5.74, 6) is 1.08. The molecule has 1 unspecified atom stereocenters. The van der Waals surface area contributed by atoms with Gasteiger partial charge >= 0.3 is 0 Å². The zero-order valence-electron chi connectivity index (χ0n) is 56.8. The number of carbonyl (C=O) groups excluding carboxylic acids is 2. The number of nitrogens with two attached hydrogens (primary N) is 1. The number of amides is 2. The van der Waals surface area contributed by atoms with Gasteiger partial charge < -0.3 is 40.6 Å². The van der Waals surface area contributed by atoms with E-state index in [0.29, 0.717) is 69.4 Å². The topological polar surface area (TPSA) is 326 Å². The fourth-order valence-electron chi connectivity index (χ4n) is 11.2. The number of nitrogens with zero attached hydrogens (tertiary/aromatic N) is 13. The molecule has 1 atom stereocenters. The molecule has 0 bridgehead atoms. The minimum Gasteiger partial charge on any atom is -0.369 e. The van der Waals surface area contributed by atoms with Gasteiger partial charge in [0.1, 0.15) is 39.6 Å². The van der Waals surface area contributed by atoms with Gasteiger partial charge in [-0.05, 0) is 129 Å². The Labute approximate surface area is 579 Å². The lowest BCUT2D eigenvalue weighted by molar-refractivity contribution is -0.125. The summed E-state index contributed by atoms with van der Waals surface area (Å²) in [6, 6.07) is 45.5. The Morgan fingerprint density at radius 3 is 1.34 bits per heavy atom. The molecule has 1 fully saturated rings. The van der Waals surface area contributed by atoms with Gasteiger partial charge in [-0.3, -0.25) is 39.5 Å². The minimum absolute atomic E-state index is 0. The van der Waals surface area contributed by atoms with E-state index in [1.807, 2.05) is 158 Å². The molecule has 1 aliphatic heterocycles. The molecule has 10 heterocycles. The second-order valence-electron chi connectivity index (χ2n) is 25.1. The number of nitrogens with one attached hydrogen (secondary N) is 4. The number of benzene rings is 3. The number of hydrogen-bond acceptors (Lipinski definition) is 21. The van der Waals surface area contributed by atoms with E-state index in [1.165, 1.54) is 11.1 Å². The second-order valence-corrected chi connectivity index (χ2v) is 25.1. The number of likely N-dealkylation sites (N-methyl/N-ethyl adjacent to an activating group) is 1. The fraction of sp³-hybridized carbons (Fsp3) is 0.250. The summed E-state index contributed by atoms with van der Waals surface area (Å²) in [7, 11) is 5.46. The zero-order valence-corrected chi connectivity index (χ0v) is 56.8. The van der Waals surface area contributed by atoms with Crippen LogP contribution in [-0.4, -0.2) is 106 Å². The van der Waals surface area contributed by atoms with E-state index in [9.17, 15) is 14.9 Å². The molecule has 1 saturated heterocycles. The number of aromatic nitrogens is 12. The van der Waals surface area contributed by atoms with E-state index < -0.39 is 22.2 Å². The fourth-order valence-corrected chi connectivity index (χ4v) is 11.2. The Morgan fingerprint density at radius 2 is 0.949 bits per heavy atom. The number of nitriles is 1. The van der Waals surface area contributed by atoms with Crippen LogP contribution in [0.25, 0.3) is 102 Å². The summed E-state index contributed by atoms with van der Waals surface area (Å²) in [6.07, 6.45) is 11.9. The third kappa shape index (κ3) is 15.4. The van der Waals surface area contributed by atoms with E-state index in [-0.39, 0.29) is 11.6 Å². The zero-order chi connectivity index (χ0) is 69.8. The van der Waals surface area contributed by atoms with Gasteiger partial charge in [-0.15, -0.1) is 0 Å². The molecule has 6 N–H and O–H groups in total. The van der Waals surface area contributed by atoms with E-state index in [4.69, 9.17) is 34.3 Å². The van der Waals surface area contributed by atoms with Crippen molar-refractivity contribution in [1.29, 1.82) is 5.26 Å². The summed E-state index contributed by atoms with van der Waals surface area (Å²) < 4.78 is 16.9.